The highest BCUT2D eigenvalue weighted by Crippen LogP contribution is 2.26. The van der Waals surface area contributed by atoms with E-state index >= 15 is 0 Å². The fraction of sp³-hybridized carbons (Fsp3) is 0.462. The van der Waals surface area contributed by atoms with Gasteiger partial charge in [0.05, 0.1) is 11.3 Å². The Morgan fingerprint density at radius 3 is 2.44 bits per heavy atom. The van der Waals surface area contributed by atoms with Crippen molar-refractivity contribution < 1.29 is 13.6 Å². The summed E-state index contributed by atoms with van der Waals surface area (Å²) in [4.78, 5) is 13.4. The zero-order valence-electron chi connectivity index (χ0n) is 10.3. The SMILES string of the molecule is CNC(=O)c1cc(N2CCCCC2)c(F)cc1F. The van der Waals surface area contributed by atoms with Gasteiger partial charge >= 0.3 is 0 Å². The maximum Gasteiger partial charge on any atom is 0.254 e. The molecule has 0 atom stereocenters. The first-order valence-corrected chi connectivity index (χ1v) is 6.09. The van der Waals surface area contributed by atoms with Crippen LogP contribution in [-0.4, -0.2) is 26.0 Å². The molecule has 1 saturated heterocycles. The molecule has 98 valence electrons. The molecule has 1 aliphatic rings. The van der Waals surface area contributed by atoms with Crippen molar-refractivity contribution in [3.8, 4) is 0 Å². The van der Waals surface area contributed by atoms with Gasteiger partial charge in [0.2, 0.25) is 0 Å². The lowest BCUT2D eigenvalue weighted by molar-refractivity contribution is 0.0959. The summed E-state index contributed by atoms with van der Waals surface area (Å²) >= 11 is 0. The average Bonchev–Trinajstić information content (AvgIpc) is 2.39. The summed E-state index contributed by atoms with van der Waals surface area (Å²) in [6.45, 7) is 1.49. The fourth-order valence-electron chi connectivity index (χ4n) is 2.22. The molecule has 0 saturated carbocycles. The van der Waals surface area contributed by atoms with E-state index in [0.29, 0.717) is 5.69 Å². The number of halogens is 2. The summed E-state index contributed by atoms with van der Waals surface area (Å²) in [7, 11) is 1.42. The minimum atomic E-state index is -0.826. The Morgan fingerprint density at radius 2 is 1.83 bits per heavy atom. The van der Waals surface area contributed by atoms with Crippen LogP contribution < -0.4 is 10.2 Å². The van der Waals surface area contributed by atoms with Gasteiger partial charge in [0, 0.05) is 26.2 Å². The van der Waals surface area contributed by atoms with Gasteiger partial charge in [0.15, 0.2) is 0 Å². The maximum atomic E-state index is 13.8. The van der Waals surface area contributed by atoms with Crippen molar-refractivity contribution in [3.63, 3.8) is 0 Å². The third-order valence-electron chi connectivity index (χ3n) is 3.20. The van der Waals surface area contributed by atoms with Gasteiger partial charge in [-0.2, -0.15) is 0 Å². The number of nitrogens with one attached hydrogen (secondary N) is 1. The smallest absolute Gasteiger partial charge is 0.254 e. The zero-order valence-corrected chi connectivity index (χ0v) is 10.3. The van der Waals surface area contributed by atoms with Crippen molar-refractivity contribution in [3.05, 3.63) is 29.3 Å². The molecule has 0 aromatic heterocycles. The Morgan fingerprint density at radius 1 is 1.17 bits per heavy atom. The molecule has 18 heavy (non-hydrogen) atoms. The molecule has 0 radical (unpaired) electrons. The van der Waals surface area contributed by atoms with E-state index in [0.717, 1.165) is 38.4 Å². The van der Waals surface area contributed by atoms with Gasteiger partial charge in [-0.1, -0.05) is 0 Å². The van der Waals surface area contributed by atoms with Crippen LogP contribution in [0.5, 0.6) is 0 Å². The van der Waals surface area contributed by atoms with E-state index < -0.39 is 17.5 Å². The lowest BCUT2D eigenvalue weighted by Gasteiger charge is -2.29. The highest BCUT2D eigenvalue weighted by Gasteiger charge is 2.20. The van der Waals surface area contributed by atoms with Crippen molar-refractivity contribution in [2.45, 2.75) is 19.3 Å². The second-order valence-corrected chi connectivity index (χ2v) is 4.41. The molecule has 1 aromatic carbocycles. The van der Waals surface area contributed by atoms with Crippen LogP contribution in [0.2, 0.25) is 0 Å². The Balaban J connectivity index is 2.37. The monoisotopic (exact) mass is 254 g/mol. The van der Waals surface area contributed by atoms with Crippen molar-refractivity contribution in [1.82, 2.24) is 5.32 Å². The van der Waals surface area contributed by atoms with Gasteiger partial charge in [-0.3, -0.25) is 4.79 Å². The van der Waals surface area contributed by atoms with Gasteiger partial charge in [0.1, 0.15) is 11.6 Å². The highest BCUT2D eigenvalue weighted by atomic mass is 19.1. The second-order valence-electron chi connectivity index (χ2n) is 4.41. The summed E-state index contributed by atoms with van der Waals surface area (Å²) in [6, 6.07) is 2.09. The number of piperidine rings is 1. The van der Waals surface area contributed by atoms with Gasteiger partial charge in [0.25, 0.3) is 5.91 Å². The van der Waals surface area contributed by atoms with Crippen molar-refractivity contribution in [2.75, 3.05) is 25.0 Å². The number of anilines is 1. The molecule has 0 bridgehead atoms. The van der Waals surface area contributed by atoms with Crippen molar-refractivity contribution >= 4 is 11.6 Å². The Labute approximate surface area is 105 Å². The number of carbonyl (C=O) groups excluding carboxylic acids is 1. The Kier molecular flexibility index (Phi) is 3.79. The number of rotatable bonds is 2. The number of nitrogens with zero attached hydrogens (tertiary/aromatic N) is 1. The lowest BCUT2D eigenvalue weighted by atomic mass is 10.1. The summed E-state index contributed by atoms with van der Waals surface area (Å²) in [5, 5.41) is 2.35. The summed E-state index contributed by atoms with van der Waals surface area (Å²) in [5.74, 6) is -1.97. The first kappa shape index (κ1) is 12.8. The predicted molar refractivity (Wildman–Crippen MR) is 65.8 cm³/mol. The summed E-state index contributed by atoms with van der Waals surface area (Å²) in [5.41, 5.74) is 0.203. The molecule has 2 rings (SSSR count). The van der Waals surface area contributed by atoms with Crippen LogP contribution in [0.25, 0.3) is 0 Å². The second kappa shape index (κ2) is 5.33. The van der Waals surface area contributed by atoms with Gasteiger partial charge < -0.3 is 10.2 Å². The third-order valence-corrected chi connectivity index (χ3v) is 3.20. The number of carbonyl (C=O) groups is 1. The van der Waals surface area contributed by atoms with Crippen LogP contribution in [0.3, 0.4) is 0 Å². The molecule has 0 unspecified atom stereocenters. The molecular weight excluding hydrogens is 238 g/mol. The third kappa shape index (κ3) is 2.44. The van der Waals surface area contributed by atoms with E-state index in [1.54, 1.807) is 0 Å². The Bertz CT molecular complexity index is 457. The molecular formula is C13H16F2N2O. The van der Waals surface area contributed by atoms with Crippen molar-refractivity contribution in [1.29, 1.82) is 0 Å². The molecule has 3 nitrogen and oxygen atoms in total. The van der Waals surface area contributed by atoms with E-state index in [1.165, 1.54) is 13.1 Å². The van der Waals surface area contributed by atoms with E-state index in [2.05, 4.69) is 5.32 Å². The number of amides is 1. The largest absolute Gasteiger partial charge is 0.369 e. The molecule has 5 heteroatoms. The molecule has 1 N–H and O–H groups in total. The van der Waals surface area contributed by atoms with Crippen LogP contribution >= 0.6 is 0 Å². The molecule has 1 aliphatic heterocycles. The topological polar surface area (TPSA) is 32.3 Å². The molecule has 1 fully saturated rings. The van der Waals surface area contributed by atoms with Crippen molar-refractivity contribution in [2.24, 2.45) is 0 Å². The first-order chi connectivity index (χ1) is 8.63. The quantitative estimate of drug-likeness (QED) is 0.878. The molecule has 0 aliphatic carbocycles. The van der Waals surface area contributed by atoms with Crippen LogP contribution in [0.4, 0.5) is 14.5 Å². The number of hydrogen-bond donors (Lipinski definition) is 1. The highest BCUT2D eigenvalue weighted by molar-refractivity contribution is 5.95. The predicted octanol–water partition coefficient (Wildman–Crippen LogP) is 2.31. The molecule has 1 aromatic rings. The number of hydrogen-bond acceptors (Lipinski definition) is 2. The van der Waals surface area contributed by atoms with Crippen LogP contribution in [0.15, 0.2) is 12.1 Å². The summed E-state index contributed by atoms with van der Waals surface area (Å²) in [6.07, 6.45) is 3.11. The first-order valence-electron chi connectivity index (χ1n) is 6.09. The van der Waals surface area contributed by atoms with Crippen LogP contribution in [0.1, 0.15) is 29.6 Å². The molecule has 1 amide bonds. The average molecular weight is 254 g/mol. The molecule has 1 heterocycles. The molecule has 0 spiro atoms. The van der Waals surface area contributed by atoms with E-state index in [-0.39, 0.29) is 5.56 Å². The lowest BCUT2D eigenvalue weighted by Crippen LogP contribution is -2.31. The standard InChI is InChI=1S/C13H16F2N2O/c1-16-13(18)9-7-12(11(15)8-10(9)14)17-5-3-2-4-6-17/h7-8H,2-6H2,1H3,(H,16,18). The van der Waals surface area contributed by atoms with Gasteiger partial charge in [-0.15, -0.1) is 0 Å². The van der Waals surface area contributed by atoms with Gasteiger partial charge in [-0.25, -0.2) is 8.78 Å². The maximum absolute atomic E-state index is 13.8. The number of benzene rings is 1. The minimum absolute atomic E-state index is 0.112. The van der Waals surface area contributed by atoms with E-state index in [9.17, 15) is 13.6 Å². The fourth-order valence-corrected chi connectivity index (χ4v) is 2.22. The van der Waals surface area contributed by atoms with Gasteiger partial charge in [-0.05, 0) is 25.3 Å². The van der Waals surface area contributed by atoms with E-state index in [4.69, 9.17) is 0 Å². The van der Waals surface area contributed by atoms with Crippen LogP contribution in [0, 0.1) is 11.6 Å². The summed E-state index contributed by atoms with van der Waals surface area (Å²) < 4.78 is 27.3. The van der Waals surface area contributed by atoms with E-state index in [1.807, 2.05) is 4.90 Å². The minimum Gasteiger partial charge on any atom is -0.369 e. The zero-order chi connectivity index (χ0) is 13.1. The van der Waals surface area contributed by atoms with Crippen LogP contribution in [-0.2, 0) is 0 Å². The normalized spacial score (nSPS) is 15.6. The Hall–Kier alpha value is -1.65.